The molecule has 86 valence electrons. The van der Waals surface area contributed by atoms with Gasteiger partial charge in [-0.25, -0.2) is 4.98 Å². The van der Waals surface area contributed by atoms with Crippen LogP contribution in [-0.2, 0) is 6.54 Å². The number of rotatable bonds is 4. The number of aromatic amines is 1. The highest BCUT2D eigenvalue weighted by atomic mass is 79.9. The Morgan fingerprint density at radius 1 is 1.69 bits per heavy atom. The van der Waals surface area contributed by atoms with Crippen molar-refractivity contribution in [3.8, 4) is 0 Å². The Labute approximate surface area is 111 Å². The average molecular weight is 321 g/mol. The smallest absolute Gasteiger partial charge is 0.122 e. The molecule has 0 radical (unpaired) electrons. The fourth-order valence-corrected chi connectivity index (χ4v) is 3.08. The molecule has 0 aromatic carbocycles. The Morgan fingerprint density at radius 2 is 2.50 bits per heavy atom. The maximum Gasteiger partial charge on any atom is 0.122 e. The summed E-state index contributed by atoms with van der Waals surface area (Å²) in [6.07, 6.45) is 3.58. The lowest BCUT2D eigenvalue weighted by atomic mass is 10.3. The fraction of sp³-hybridized carbons (Fsp3) is 0.300. The molecule has 2 heterocycles. The van der Waals surface area contributed by atoms with Crippen LogP contribution < -0.4 is 5.32 Å². The highest BCUT2D eigenvalue weighted by Gasteiger charge is 2.09. The molecule has 2 rings (SSSR count). The average Bonchev–Trinajstić information content (AvgIpc) is 2.86. The third-order valence-corrected chi connectivity index (χ3v) is 4.68. The van der Waals surface area contributed by atoms with Crippen molar-refractivity contribution in [2.75, 3.05) is 0 Å². The van der Waals surface area contributed by atoms with Gasteiger partial charge in [-0.15, -0.1) is 11.3 Å². The van der Waals surface area contributed by atoms with E-state index < -0.39 is 0 Å². The monoisotopic (exact) mass is 319 g/mol. The third kappa shape index (κ3) is 2.85. The van der Waals surface area contributed by atoms with Crippen LogP contribution >= 0.6 is 38.9 Å². The number of nitrogens with zero attached hydrogens (tertiary/aromatic N) is 1. The fourth-order valence-electron chi connectivity index (χ4n) is 1.34. The first-order chi connectivity index (χ1) is 7.66. The van der Waals surface area contributed by atoms with Crippen LogP contribution in [-0.4, -0.2) is 9.97 Å². The predicted octanol–water partition coefficient (Wildman–Crippen LogP) is 3.74. The molecule has 1 atom stereocenters. The number of thiophene rings is 1. The summed E-state index contributed by atoms with van der Waals surface area (Å²) in [5, 5.41) is 3.38. The highest BCUT2D eigenvalue weighted by Crippen LogP contribution is 2.32. The topological polar surface area (TPSA) is 40.7 Å². The maximum absolute atomic E-state index is 5.97. The second-order valence-corrected chi connectivity index (χ2v) is 6.00. The van der Waals surface area contributed by atoms with Crippen molar-refractivity contribution in [2.45, 2.75) is 19.5 Å². The molecule has 0 aliphatic heterocycles. The van der Waals surface area contributed by atoms with Gasteiger partial charge in [0.15, 0.2) is 0 Å². The quantitative estimate of drug-likeness (QED) is 0.901. The van der Waals surface area contributed by atoms with Gasteiger partial charge < -0.3 is 10.3 Å². The standard InChI is InChI=1S/C10H11BrClN3S/c1-6(10-13-2-3-14-10)15-5-7-4-8(11)9(12)16-7/h2-4,6,15H,5H2,1H3,(H,13,14). The summed E-state index contributed by atoms with van der Waals surface area (Å²) in [6.45, 7) is 2.86. The Balaban J connectivity index is 1.92. The van der Waals surface area contributed by atoms with E-state index in [1.165, 1.54) is 4.88 Å². The third-order valence-electron chi connectivity index (χ3n) is 2.21. The highest BCUT2D eigenvalue weighted by molar-refractivity contribution is 9.10. The van der Waals surface area contributed by atoms with Gasteiger partial charge in [-0.3, -0.25) is 0 Å². The number of hydrogen-bond acceptors (Lipinski definition) is 3. The zero-order chi connectivity index (χ0) is 11.5. The molecule has 0 amide bonds. The van der Waals surface area contributed by atoms with Crippen molar-refractivity contribution in [2.24, 2.45) is 0 Å². The predicted molar refractivity (Wildman–Crippen MR) is 70.9 cm³/mol. The number of nitrogens with one attached hydrogen (secondary N) is 2. The molecule has 0 aliphatic rings. The van der Waals surface area contributed by atoms with Crippen LogP contribution in [0.15, 0.2) is 22.9 Å². The molecule has 0 aliphatic carbocycles. The van der Waals surface area contributed by atoms with Gasteiger partial charge in [0.2, 0.25) is 0 Å². The zero-order valence-electron chi connectivity index (χ0n) is 8.63. The van der Waals surface area contributed by atoms with E-state index in [0.717, 1.165) is 21.2 Å². The van der Waals surface area contributed by atoms with E-state index in [9.17, 15) is 0 Å². The van der Waals surface area contributed by atoms with Gasteiger partial charge in [0.1, 0.15) is 10.2 Å². The van der Waals surface area contributed by atoms with Crippen molar-refractivity contribution >= 4 is 38.9 Å². The van der Waals surface area contributed by atoms with Crippen LogP contribution in [0.3, 0.4) is 0 Å². The molecule has 0 fully saturated rings. The minimum absolute atomic E-state index is 0.203. The van der Waals surface area contributed by atoms with E-state index >= 15 is 0 Å². The van der Waals surface area contributed by atoms with Gasteiger partial charge in [-0.1, -0.05) is 11.6 Å². The summed E-state index contributed by atoms with van der Waals surface area (Å²) in [7, 11) is 0. The van der Waals surface area contributed by atoms with Gasteiger partial charge >= 0.3 is 0 Å². The lowest BCUT2D eigenvalue weighted by Gasteiger charge is -2.09. The molecule has 0 bridgehead atoms. The van der Waals surface area contributed by atoms with Crippen LogP contribution in [0.1, 0.15) is 23.7 Å². The Kier molecular flexibility index (Phi) is 4.02. The van der Waals surface area contributed by atoms with E-state index in [2.05, 4.69) is 38.1 Å². The lowest BCUT2D eigenvalue weighted by molar-refractivity contribution is 0.554. The SMILES string of the molecule is CC(NCc1cc(Br)c(Cl)s1)c1ncc[nH]1. The van der Waals surface area contributed by atoms with Gasteiger partial charge in [-0.2, -0.15) is 0 Å². The maximum atomic E-state index is 5.97. The van der Waals surface area contributed by atoms with E-state index in [-0.39, 0.29) is 6.04 Å². The number of imidazole rings is 1. The second-order valence-electron chi connectivity index (χ2n) is 3.41. The minimum atomic E-state index is 0.203. The van der Waals surface area contributed by atoms with E-state index in [4.69, 9.17) is 11.6 Å². The molecular weight excluding hydrogens is 310 g/mol. The minimum Gasteiger partial charge on any atom is -0.347 e. The molecule has 2 aromatic rings. The van der Waals surface area contributed by atoms with Gasteiger partial charge in [0.05, 0.1) is 6.04 Å². The number of hydrogen-bond donors (Lipinski definition) is 2. The van der Waals surface area contributed by atoms with E-state index in [1.807, 2.05) is 12.3 Å². The van der Waals surface area contributed by atoms with Crippen molar-refractivity contribution in [1.29, 1.82) is 0 Å². The lowest BCUT2D eigenvalue weighted by Crippen LogP contribution is -2.18. The van der Waals surface area contributed by atoms with Gasteiger partial charge in [0, 0.05) is 28.3 Å². The van der Waals surface area contributed by atoms with Crippen LogP contribution in [0.4, 0.5) is 0 Å². The van der Waals surface area contributed by atoms with Crippen molar-refractivity contribution < 1.29 is 0 Å². The number of halogens is 2. The summed E-state index contributed by atoms with van der Waals surface area (Å²) in [5.41, 5.74) is 0. The van der Waals surface area contributed by atoms with Crippen molar-refractivity contribution in [1.82, 2.24) is 15.3 Å². The van der Waals surface area contributed by atoms with Crippen LogP contribution in [0, 0.1) is 0 Å². The Morgan fingerprint density at radius 3 is 3.06 bits per heavy atom. The van der Waals surface area contributed by atoms with Gasteiger partial charge in [-0.05, 0) is 28.9 Å². The molecular formula is C10H11BrClN3S. The molecule has 0 spiro atoms. The largest absolute Gasteiger partial charge is 0.347 e. The van der Waals surface area contributed by atoms with Crippen molar-refractivity contribution in [3.05, 3.63) is 38.0 Å². The van der Waals surface area contributed by atoms with Crippen LogP contribution in [0.25, 0.3) is 0 Å². The summed E-state index contributed by atoms with van der Waals surface area (Å²) in [6, 6.07) is 2.24. The summed E-state index contributed by atoms with van der Waals surface area (Å²) < 4.78 is 1.75. The molecule has 0 saturated carbocycles. The first-order valence-corrected chi connectivity index (χ1v) is 6.82. The molecule has 2 aromatic heterocycles. The Hall–Kier alpha value is -0.360. The first kappa shape index (κ1) is 12.1. The first-order valence-electron chi connectivity index (χ1n) is 4.83. The number of H-pyrrole nitrogens is 1. The van der Waals surface area contributed by atoms with Crippen LogP contribution in [0.5, 0.6) is 0 Å². The molecule has 2 N–H and O–H groups in total. The van der Waals surface area contributed by atoms with Gasteiger partial charge in [0.25, 0.3) is 0 Å². The van der Waals surface area contributed by atoms with E-state index in [1.54, 1.807) is 17.5 Å². The van der Waals surface area contributed by atoms with E-state index in [0.29, 0.717) is 0 Å². The Bertz CT molecular complexity index is 435. The normalized spacial score (nSPS) is 12.9. The molecule has 3 nitrogen and oxygen atoms in total. The second kappa shape index (κ2) is 5.31. The molecule has 16 heavy (non-hydrogen) atoms. The van der Waals surface area contributed by atoms with Crippen LogP contribution in [0.2, 0.25) is 4.34 Å². The van der Waals surface area contributed by atoms with Crippen molar-refractivity contribution in [3.63, 3.8) is 0 Å². The summed E-state index contributed by atoms with van der Waals surface area (Å²) >= 11 is 10.9. The molecule has 0 saturated heterocycles. The zero-order valence-corrected chi connectivity index (χ0v) is 11.8. The molecule has 1 unspecified atom stereocenters. The summed E-state index contributed by atoms with van der Waals surface area (Å²) in [4.78, 5) is 8.49. The molecule has 6 heteroatoms. The summed E-state index contributed by atoms with van der Waals surface area (Å²) in [5.74, 6) is 0.946. The number of aromatic nitrogens is 2.